The van der Waals surface area contributed by atoms with Gasteiger partial charge < -0.3 is 10.6 Å². The van der Waals surface area contributed by atoms with Crippen LogP contribution in [-0.2, 0) is 6.54 Å². The summed E-state index contributed by atoms with van der Waals surface area (Å²) in [5, 5.41) is 5.28. The number of urea groups is 1. The van der Waals surface area contributed by atoms with Crippen molar-refractivity contribution >= 4 is 6.03 Å². The van der Waals surface area contributed by atoms with Gasteiger partial charge in [-0.1, -0.05) is 12.1 Å². The van der Waals surface area contributed by atoms with Gasteiger partial charge in [-0.2, -0.15) is 0 Å². The average Bonchev–Trinajstić information content (AvgIpc) is 2.25. The summed E-state index contributed by atoms with van der Waals surface area (Å²) in [6.07, 6.45) is 3.32. The lowest BCUT2D eigenvalue weighted by molar-refractivity contribution is 0.241. The number of carbonyl (C=O) groups is 1. The molecule has 0 spiro atoms. The molecule has 4 heteroatoms. The van der Waals surface area contributed by atoms with E-state index in [1.165, 1.54) is 0 Å². The smallest absolute Gasteiger partial charge is 0.315 e. The molecule has 2 amide bonds. The topological polar surface area (TPSA) is 54.0 Å². The third kappa shape index (κ3) is 3.71. The van der Waals surface area contributed by atoms with Crippen molar-refractivity contribution in [2.24, 2.45) is 0 Å². The van der Waals surface area contributed by atoms with Crippen molar-refractivity contribution in [3.8, 4) is 0 Å². The highest BCUT2D eigenvalue weighted by atomic mass is 16.2. The van der Waals surface area contributed by atoms with E-state index in [2.05, 4.69) is 22.2 Å². The molecule has 0 saturated heterocycles. The van der Waals surface area contributed by atoms with Crippen LogP contribution in [0.4, 0.5) is 4.79 Å². The summed E-state index contributed by atoms with van der Waals surface area (Å²) in [4.78, 5) is 15.1. The van der Waals surface area contributed by atoms with Gasteiger partial charge in [0.25, 0.3) is 0 Å². The molecule has 0 atom stereocenters. The molecule has 0 aliphatic rings. The molecule has 4 nitrogen and oxygen atoms in total. The zero-order valence-corrected chi connectivity index (χ0v) is 7.86. The first-order valence-electron chi connectivity index (χ1n) is 4.35. The lowest BCUT2D eigenvalue weighted by Gasteiger charge is -2.04. The maximum absolute atomic E-state index is 11.1. The Kier molecular flexibility index (Phi) is 4.20. The highest BCUT2D eigenvalue weighted by Crippen LogP contribution is 1.91. The Balaban J connectivity index is 2.27. The molecule has 0 saturated carbocycles. The molecule has 74 valence electrons. The van der Waals surface area contributed by atoms with E-state index in [-0.39, 0.29) is 6.03 Å². The van der Waals surface area contributed by atoms with Crippen molar-refractivity contribution in [1.29, 1.82) is 0 Å². The minimum Gasteiger partial charge on any atom is -0.335 e. The third-order valence-electron chi connectivity index (χ3n) is 1.56. The Morgan fingerprint density at radius 3 is 3.00 bits per heavy atom. The van der Waals surface area contributed by atoms with E-state index in [1.54, 1.807) is 12.3 Å². The van der Waals surface area contributed by atoms with Crippen LogP contribution < -0.4 is 10.6 Å². The van der Waals surface area contributed by atoms with Crippen LogP contribution in [0, 0.1) is 0 Å². The fourth-order valence-corrected chi connectivity index (χ4v) is 0.901. The number of rotatable bonds is 4. The standard InChI is InChI=1S/C10H13N3O/c1-2-6-12-10(14)13-8-9-5-3-4-7-11-9/h2-5,7H,1,6,8H2,(H2,12,13,14). The number of nitrogens with one attached hydrogen (secondary N) is 2. The number of amides is 2. The van der Waals surface area contributed by atoms with Crippen LogP contribution in [0.25, 0.3) is 0 Å². The molecule has 14 heavy (non-hydrogen) atoms. The molecule has 0 fully saturated rings. The molecule has 0 unspecified atom stereocenters. The van der Waals surface area contributed by atoms with E-state index in [9.17, 15) is 4.79 Å². The fraction of sp³-hybridized carbons (Fsp3) is 0.200. The minimum absolute atomic E-state index is 0.212. The predicted octanol–water partition coefficient (Wildman–Crippen LogP) is 1.07. The monoisotopic (exact) mass is 191 g/mol. The van der Waals surface area contributed by atoms with Crippen molar-refractivity contribution in [2.75, 3.05) is 6.54 Å². The highest BCUT2D eigenvalue weighted by Gasteiger charge is 1.97. The second kappa shape index (κ2) is 5.75. The Labute approximate surface area is 83.0 Å². The summed E-state index contributed by atoms with van der Waals surface area (Å²) in [5.74, 6) is 0. The van der Waals surface area contributed by atoms with E-state index >= 15 is 0 Å². The van der Waals surface area contributed by atoms with E-state index in [0.29, 0.717) is 13.1 Å². The second-order valence-electron chi connectivity index (χ2n) is 2.67. The molecule has 1 heterocycles. The Bertz CT molecular complexity index is 297. The van der Waals surface area contributed by atoms with Crippen LogP contribution in [0.3, 0.4) is 0 Å². The van der Waals surface area contributed by atoms with Crippen LogP contribution >= 0.6 is 0 Å². The molecule has 0 bridgehead atoms. The summed E-state index contributed by atoms with van der Waals surface area (Å²) >= 11 is 0. The largest absolute Gasteiger partial charge is 0.335 e. The summed E-state index contributed by atoms with van der Waals surface area (Å²) in [5.41, 5.74) is 0.834. The molecule has 0 aliphatic carbocycles. The van der Waals surface area contributed by atoms with Crippen LogP contribution in [-0.4, -0.2) is 17.6 Å². The van der Waals surface area contributed by atoms with Crippen LogP contribution in [0.1, 0.15) is 5.69 Å². The summed E-state index contributed by atoms with van der Waals surface area (Å²) in [7, 11) is 0. The van der Waals surface area contributed by atoms with Gasteiger partial charge in [-0.3, -0.25) is 4.98 Å². The van der Waals surface area contributed by atoms with Crippen LogP contribution in [0.15, 0.2) is 37.1 Å². The van der Waals surface area contributed by atoms with Gasteiger partial charge in [0, 0.05) is 12.7 Å². The lowest BCUT2D eigenvalue weighted by atomic mass is 10.3. The van der Waals surface area contributed by atoms with E-state index in [4.69, 9.17) is 0 Å². The average molecular weight is 191 g/mol. The van der Waals surface area contributed by atoms with Gasteiger partial charge >= 0.3 is 6.03 Å². The first-order valence-corrected chi connectivity index (χ1v) is 4.35. The van der Waals surface area contributed by atoms with Gasteiger partial charge in [-0.15, -0.1) is 6.58 Å². The maximum atomic E-state index is 11.1. The second-order valence-corrected chi connectivity index (χ2v) is 2.67. The van der Waals surface area contributed by atoms with Crippen molar-refractivity contribution in [3.63, 3.8) is 0 Å². The van der Waals surface area contributed by atoms with E-state index in [1.807, 2.05) is 18.2 Å². The fourth-order valence-electron chi connectivity index (χ4n) is 0.901. The number of pyridine rings is 1. The molecule has 2 N–H and O–H groups in total. The molecular formula is C10H13N3O. The number of hydrogen-bond donors (Lipinski definition) is 2. The summed E-state index contributed by atoms with van der Waals surface area (Å²) in [6.45, 7) is 4.40. The molecule has 0 radical (unpaired) electrons. The van der Waals surface area contributed by atoms with Gasteiger partial charge in [-0.25, -0.2) is 4.79 Å². The van der Waals surface area contributed by atoms with E-state index < -0.39 is 0 Å². The van der Waals surface area contributed by atoms with Crippen molar-refractivity contribution in [2.45, 2.75) is 6.54 Å². The maximum Gasteiger partial charge on any atom is 0.315 e. The SMILES string of the molecule is C=CCNC(=O)NCc1ccccn1. The van der Waals surface area contributed by atoms with Crippen LogP contribution in [0.2, 0.25) is 0 Å². The van der Waals surface area contributed by atoms with Gasteiger partial charge in [0.05, 0.1) is 12.2 Å². The van der Waals surface area contributed by atoms with Crippen LogP contribution in [0.5, 0.6) is 0 Å². The lowest BCUT2D eigenvalue weighted by Crippen LogP contribution is -2.35. The summed E-state index contributed by atoms with van der Waals surface area (Å²) < 4.78 is 0. The zero-order chi connectivity index (χ0) is 10.2. The number of aromatic nitrogens is 1. The van der Waals surface area contributed by atoms with Crippen molar-refractivity contribution < 1.29 is 4.79 Å². The van der Waals surface area contributed by atoms with E-state index in [0.717, 1.165) is 5.69 Å². The van der Waals surface area contributed by atoms with Gasteiger partial charge in [-0.05, 0) is 12.1 Å². The van der Waals surface area contributed by atoms with Crippen molar-refractivity contribution in [1.82, 2.24) is 15.6 Å². The van der Waals surface area contributed by atoms with Gasteiger partial charge in [0.2, 0.25) is 0 Å². The predicted molar refractivity (Wildman–Crippen MR) is 54.7 cm³/mol. The molecule has 0 aromatic carbocycles. The third-order valence-corrected chi connectivity index (χ3v) is 1.56. The van der Waals surface area contributed by atoms with Gasteiger partial charge in [0.1, 0.15) is 0 Å². The van der Waals surface area contributed by atoms with Gasteiger partial charge in [0.15, 0.2) is 0 Å². The Hall–Kier alpha value is -1.84. The number of nitrogens with zero attached hydrogens (tertiary/aromatic N) is 1. The molecule has 1 aromatic heterocycles. The van der Waals surface area contributed by atoms with Crippen molar-refractivity contribution in [3.05, 3.63) is 42.7 Å². The number of carbonyl (C=O) groups excluding carboxylic acids is 1. The Morgan fingerprint density at radius 1 is 1.50 bits per heavy atom. The number of hydrogen-bond acceptors (Lipinski definition) is 2. The first kappa shape index (κ1) is 10.2. The normalized spacial score (nSPS) is 9.14. The highest BCUT2D eigenvalue weighted by molar-refractivity contribution is 5.73. The summed E-state index contributed by atoms with van der Waals surface area (Å²) in [6, 6.07) is 5.36. The Morgan fingerprint density at radius 2 is 2.36 bits per heavy atom. The quantitative estimate of drug-likeness (QED) is 0.699. The minimum atomic E-state index is -0.212. The first-order chi connectivity index (χ1) is 6.83. The zero-order valence-electron chi connectivity index (χ0n) is 7.86. The molecule has 1 rings (SSSR count). The molecule has 1 aromatic rings. The molecular weight excluding hydrogens is 178 g/mol. The molecule has 0 aliphatic heterocycles.